The molecule has 0 unspecified atom stereocenters. The van der Waals surface area contributed by atoms with Gasteiger partial charge in [0.15, 0.2) is 5.78 Å². The van der Waals surface area contributed by atoms with Crippen LogP contribution in [0, 0.1) is 12.7 Å². The average Bonchev–Trinajstić information content (AvgIpc) is 2.87. The number of hydrogen-bond donors (Lipinski definition) is 0. The van der Waals surface area contributed by atoms with Crippen LogP contribution in [0.1, 0.15) is 23.0 Å². The smallest absolute Gasteiger partial charge is 0.162 e. The summed E-state index contributed by atoms with van der Waals surface area (Å²) in [5.41, 5.74) is 4.30. The van der Waals surface area contributed by atoms with Crippen molar-refractivity contribution in [3.8, 4) is 16.8 Å². The van der Waals surface area contributed by atoms with E-state index in [0.717, 1.165) is 22.5 Å². The van der Waals surface area contributed by atoms with Crippen LogP contribution in [0.15, 0.2) is 60.8 Å². The summed E-state index contributed by atoms with van der Waals surface area (Å²) in [5.74, 6) is -0.249. The molecule has 22 heavy (non-hydrogen) atoms. The molecule has 0 amide bonds. The fraction of sp³-hybridized carbons (Fsp3) is 0.105. The third kappa shape index (κ3) is 2.46. The van der Waals surface area contributed by atoms with Gasteiger partial charge in [0.05, 0.1) is 0 Å². The lowest BCUT2D eigenvalue weighted by atomic mass is 10.0. The maximum atomic E-state index is 13.1. The highest BCUT2D eigenvalue weighted by atomic mass is 19.1. The molecule has 0 saturated heterocycles. The SMILES string of the molecule is CC(=O)c1c(-c2ccccc2)cn(-c2ccc(F)cc2)c1C. The van der Waals surface area contributed by atoms with E-state index in [2.05, 4.69) is 0 Å². The van der Waals surface area contributed by atoms with Crippen LogP contribution in [0.3, 0.4) is 0 Å². The van der Waals surface area contributed by atoms with Gasteiger partial charge in [-0.1, -0.05) is 30.3 Å². The Morgan fingerprint density at radius 1 is 1.00 bits per heavy atom. The third-order valence-corrected chi connectivity index (χ3v) is 3.79. The summed E-state index contributed by atoms with van der Waals surface area (Å²) in [7, 11) is 0. The van der Waals surface area contributed by atoms with Gasteiger partial charge in [0.1, 0.15) is 5.82 Å². The van der Waals surface area contributed by atoms with Crippen molar-refractivity contribution in [2.24, 2.45) is 0 Å². The van der Waals surface area contributed by atoms with Crippen LogP contribution in [0.25, 0.3) is 16.8 Å². The first-order valence-corrected chi connectivity index (χ1v) is 7.12. The van der Waals surface area contributed by atoms with Gasteiger partial charge in [-0.25, -0.2) is 4.39 Å². The Hall–Kier alpha value is -2.68. The van der Waals surface area contributed by atoms with E-state index in [4.69, 9.17) is 0 Å². The lowest BCUT2D eigenvalue weighted by Gasteiger charge is -2.06. The van der Waals surface area contributed by atoms with Gasteiger partial charge in [-0.2, -0.15) is 0 Å². The standard InChI is InChI=1S/C19H16FNO/c1-13-19(14(2)22)18(15-6-4-3-5-7-15)12-21(13)17-10-8-16(20)9-11-17/h3-12H,1-2H3. The molecular weight excluding hydrogens is 277 g/mol. The summed E-state index contributed by atoms with van der Waals surface area (Å²) in [6.45, 7) is 3.48. The van der Waals surface area contributed by atoms with Crippen molar-refractivity contribution in [1.29, 1.82) is 0 Å². The number of Topliss-reactive ketones (excluding diaryl/α,β-unsaturated/α-hetero) is 1. The Labute approximate surface area is 128 Å². The summed E-state index contributed by atoms with van der Waals surface area (Å²) < 4.78 is 15.0. The summed E-state index contributed by atoms with van der Waals surface area (Å²) in [6, 6.07) is 16.1. The molecular formula is C19H16FNO. The van der Waals surface area contributed by atoms with Crippen LogP contribution in [-0.4, -0.2) is 10.4 Å². The second kappa shape index (κ2) is 5.60. The van der Waals surface area contributed by atoms with Gasteiger partial charge >= 0.3 is 0 Å². The number of rotatable bonds is 3. The van der Waals surface area contributed by atoms with Crippen molar-refractivity contribution in [2.75, 3.05) is 0 Å². The van der Waals surface area contributed by atoms with Crippen LogP contribution in [0.4, 0.5) is 4.39 Å². The molecule has 0 N–H and O–H groups in total. The molecule has 0 aliphatic rings. The van der Waals surface area contributed by atoms with Crippen LogP contribution in [-0.2, 0) is 0 Å². The van der Waals surface area contributed by atoms with Crippen LogP contribution < -0.4 is 0 Å². The third-order valence-electron chi connectivity index (χ3n) is 3.79. The quantitative estimate of drug-likeness (QED) is 0.636. The predicted octanol–water partition coefficient (Wildman–Crippen LogP) is 4.79. The first kappa shape index (κ1) is 14.3. The Balaban J connectivity index is 2.22. The number of aromatic nitrogens is 1. The molecule has 0 aliphatic heterocycles. The summed E-state index contributed by atoms with van der Waals surface area (Å²) in [4.78, 5) is 12.1. The number of benzene rings is 2. The Bertz CT molecular complexity index is 817. The molecule has 3 rings (SSSR count). The van der Waals surface area contributed by atoms with E-state index in [1.165, 1.54) is 12.1 Å². The molecule has 2 nitrogen and oxygen atoms in total. The van der Waals surface area contributed by atoms with Gasteiger partial charge in [0.2, 0.25) is 0 Å². The van der Waals surface area contributed by atoms with Crippen molar-refractivity contribution < 1.29 is 9.18 Å². The maximum Gasteiger partial charge on any atom is 0.162 e. The number of carbonyl (C=O) groups excluding carboxylic acids is 1. The predicted molar refractivity (Wildman–Crippen MR) is 85.9 cm³/mol. The molecule has 110 valence electrons. The van der Waals surface area contributed by atoms with E-state index >= 15 is 0 Å². The number of hydrogen-bond acceptors (Lipinski definition) is 1. The minimum absolute atomic E-state index is 0.0252. The number of nitrogens with zero attached hydrogens (tertiary/aromatic N) is 1. The van der Waals surface area contributed by atoms with Gasteiger partial charge in [-0.3, -0.25) is 4.79 Å². The van der Waals surface area contributed by atoms with Crippen LogP contribution >= 0.6 is 0 Å². The fourth-order valence-electron chi connectivity index (χ4n) is 2.76. The van der Waals surface area contributed by atoms with Crippen molar-refractivity contribution in [2.45, 2.75) is 13.8 Å². The van der Waals surface area contributed by atoms with E-state index in [1.54, 1.807) is 19.1 Å². The Morgan fingerprint density at radius 2 is 1.64 bits per heavy atom. The second-order valence-corrected chi connectivity index (χ2v) is 5.27. The molecule has 1 aromatic heterocycles. The van der Waals surface area contributed by atoms with E-state index in [-0.39, 0.29) is 11.6 Å². The highest BCUT2D eigenvalue weighted by Gasteiger charge is 2.18. The first-order chi connectivity index (χ1) is 10.6. The number of halogens is 1. The van der Waals surface area contributed by atoms with E-state index in [0.29, 0.717) is 5.56 Å². The maximum absolute atomic E-state index is 13.1. The molecule has 0 aliphatic carbocycles. The highest BCUT2D eigenvalue weighted by molar-refractivity contribution is 6.02. The minimum Gasteiger partial charge on any atom is -0.320 e. The zero-order chi connectivity index (χ0) is 15.7. The molecule has 0 saturated carbocycles. The average molecular weight is 293 g/mol. The molecule has 3 heteroatoms. The lowest BCUT2D eigenvalue weighted by Crippen LogP contribution is -1.99. The lowest BCUT2D eigenvalue weighted by molar-refractivity contribution is 0.101. The molecule has 1 heterocycles. The zero-order valence-corrected chi connectivity index (χ0v) is 12.5. The summed E-state index contributed by atoms with van der Waals surface area (Å²) >= 11 is 0. The van der Waals surface area contributed by atoms with Crippen LogP contribution in [0.2, 0.25) is 0 Å². The summed E-state index contributed by atoms with van der Waals surface area (Å²) in [5, 5.41) is 0. The Kier molecular flexibility index (Phi) is 3.63. The summed E-state index contributed by atoms with van der Waals surface area (Å²) in [6.07, 6.45) is 1.94. The second-order valence-electron chi connectivity index (χ2n) is 5.27. The zero-order valence-electron chi connectivity index (χ0n) is 12.5. The van der Waals surface area contributed by atoms with Gasteiger partial charge in [0, 0.05) is 28.7 Å². The van der Waals surface area contributed by atoms with Gasteiger partial charge in [-0.05, 0) is 43.7 Å². The van der Waals surface area contributed by atoms with Crippen molar-refractivity contribution in [3.05, 3.63) is 77.9 Å². The molecule has 0 radical (unpaired) electrons. The van der Waals surface area contributed by atoms with Gasteiger partial charge in [0.25, 0.3) is 0 Å². The normalized spacial score (nSPS) is 10.7. The van der Waals surface area contributed by atoms with Gasteiger partial charge < -0.3 is 4.57 Å². The number of ketones is 1. The molecule has 0 bridgehead atoms. The number of carbonyl (C=O) groups is 1. The Morgan fingerprint density at radius 3 is 2.23 bits per heavy atom. The van der Waals surface area contributed by atoms with E-state index in [9.17, 15) is 9.18 Å². The van der Waals surface area contributed by atoms with E-state index in [1.807, 2.05) is 48.0 Å². The molecule has 3 aromatic rings. The first-order valence-electron chi connectivity index (χ1n) is 7.12. The molecule has 0 spiro atoms. The molecule has 0 atom stereocenters. The monoisotopic (exact) mass is 293 g/mol. The molecule has 0 fully saturated rings. The van der Waals surface area contributed by atoms with E-state index < -0.39 is 0 Å². The topological polar surface area (TPSA) is 22.0 Å². The van der Waals surface area contributed by atoms with Crippen molar-refractivity contribution >= 4 is 5.78 Å². The highest BCUT2D eigenvalue weighted by Crippen LogP contribution is 2.30. The van der Waals surface area contributed by atoms with Crippen molar-refractivity contribution in [1.82, 2.24) is 4.57 Å². The van der Waals surface area contributed by atoms with Crippen LogP contribution in [0.5, 0.6) is 0 Å². The minimum atomic E-state index is -0.274. The fourth-order valence-corrected chi connectivity index (χ4v) is 2.76. The van der Waals surface area contributed by atoms with Crippen molar-refractivity contribution in [3.63, 3.8) is 0 Å². The van der Waals surface area contributed by atoms with Gasteiger partial charge in [-0.15, -0.1) is 0 Å². The molecule has 2 aromatic carbocycles. The largest absolute Gasteiger partial charge is 0.320 e.